The molecule has 2 N–H and O–H groups in total. The third-order valence-electron chi connectivity index (χ3n) is 3.26. The van der Waals surface area contributed by atoms with Crippen molar-refractivity contribution in [3.63, 3.8) is 0 Å². The summed E-state index contributed by atoms with van der Waals surface area (Å²) in [5.74, 6) is -0.572. The number of benzene rings is 1. The zero-order valence-electron chi connectivity index (χ0n) is 10.8. The number of hydrogen-bond donors (Lipinski definition) is 2. The molecule has 5 nitrogen and oxygen atoms in total. The number of para-hydroxylation sites is 2. The Balaban J connectivity index is 2.09. The van der Waals surface area contributed by atoms with E-state index in [0.29, 0.717) is 30.9 Å². The van der Waals surface area contributed by atoms with Crippen LogP contribution in [0.5, 0.6) is 5.75 Å². The molecular weight excluding hydrogens is 246 g/mol. The maximum atomic E-state index is 12.2. The van der Waals surface area contributed by atoms with Crippen LogP contribution >= 0.6 is 0 Å². The van der Waals surface area contributed by atoms with Crippen LogP contribution in [0, 0.1) is 5.41 Å². The Morgan fingerprint density at radius 2 is 2.05 bits per heavy atom. The van der Waals surface area contributed by atoms with Gasteiger partial charge in [-0.1, -0.05) is 12.1 Å². The molecular formula is C14H17NO4. The van der Waals surface area contributed by atoms with Crippen molar-refractivity contribution in [1.29, 1.82) is 0 Å². The lowest BCUT2D eigenvalue weighted by Crippen LogP contribution is -2.26. The lowest BCUT2D eigenvalue weighted by Gasteiger charge is -2.15. The molecule has 1 aromatic carbocycles. The molecule has 1 aliphatic carbocycles. The number of carbonyl (C=O) groups is 2. The summed E-state index contributed by atoms with van der Waals surface area (Å²) in [5, 5.41) is 11.6. The zero-order chi connectivity index (χ0) is 13.9. The van der Waals surface area contributed by atoms with Gasteiger partial charge in [0.25, 0.3) is 0 Å². The lowest BCUT2D eigenvalue weighted by molar-refractivity contribution is -0.140. The van der Waals surface area contributed by atoms with E-state index >= 15 is 0 Å². The number of hydrogen-bond acceptors (Lipinski definition) is 3. The SMILES string of the molecule is CCOc1ccccc1NC(=O)C1(CC(=O)O)CC1. The summed E-state index contributed by atoms with van der Waals surface area (Å²) in [4.78, 5) is 22.9. The van der Waals surface area contributed by atoms with E-state index in [1.807, 2.05) is 13.0 Å². The number of carbonyl (C=O) groups excluding carboxylic acids is 1. The molecule has 0 saturated heterocycles. The second-order valence-electron chi connectivity index (χ2n) is 4.73. The molecule has 0 atom stereocenters. The molecule has 1 saturated carbocycles. The van der Waals surface area contributed by atoms with Gasteiger partial charge in [0.1, 0.15) is 5.75 Å². The Kier molecular flexibility index (Phi) is 3.74. The van der Waals surface area contributed by atoms with E-state index in [1.54, 1.807) is 18.2 Å². The average Bonchev–Trinajstić information content (AvgIpc) is 3.12. The molecule has 19 heavy (non-hydrogen) atoms. The van der Waals surface area contributed by atoms with Crippen LogP contribution in [0.15, 0.2) is 24.3 Å². The fraction of sp³-hybridized carbons (Fsp3) is 0.429. The van der Waals surface area contributed by atoms with Gasteiger partial charge in [-0.15, -0.1) is 0 Å². The summed E-state index contributed by atoms with van der Waals surface area (Å²) in [6, 6.07) is 7.15. The van der Waals surface area contributed by atoms with E-state index in [-0.39, 0.29) is 12.3 Å². The van der Waals surface area contributed by atoms with Crippen molar-refractivity contribution in [2.24, 2.45) is 5.41 Å². The normalized spacial score (nSPS) is 15.6. The number of anilines is 1. The van der Waals surface area contributed by atoms with Crippen molar-refractivity contribution in [3.05, 3.63) is 24.3 Å². The van der Waals surface area contributed by atoms with Gasteiger partial charge >= 0.3 is 5.97 Å². The van der Waals surface area contributed by atoms with Crippen molar-refractivity contribution in [1.82, 2.24) is 0 Å². The predicted molar refractivity (Wildman–Crippen MR) is 70.2 cm³/mol. The van der Waals surface area contributed by atoms with E-state index < -0.39 is 11.4 Å². The summed E-state index contributed by atoms with van der Waals surface area (Å²) in [6.07, 6.45) is 1.14. The van der Waals surface area contributed by atoms with Gasteiger partial charge in [0.15, 0.2) is 0 Å². The van der Waals surface area contributed by atoms with Gasteiger partial charge in [0.2, 0.25) is 5.91 Å². The Morgan fingerprint density at radius 3 is 2.63 bits per heavy atom. The van der Waals surface area contributed by atoms with Crippen LogP contribution < -0.4 is 10.1 Å². The Bertz CT molecular complexity index is 494. The van der Waals surface area contributed by atoms with Crippen LogP contribution in [0.4, 0.5) is 5.69 Å². The van der Waals surface area contributed by atoms with E-state index in [9.17, 15) is 9.59 Å². The van der Waals surface area contributed by atoms with Crippen LogP contribution in [0.2, 0.25) is 0 Å². The molecule has 0 aromatic heterocycles. The molecule has 1 amide bonds. The van der Waals surface area contributed by atoms with Crippen molar-refractivity contribution < 1.29 is 19.4 Å². The molecule has 0 unspecified atom stereocenters. The first-order chi connectivity index (χ1) is 9.07. The Labute approximate surface area is 111 Å². The second kappa shape index (κ2) is 5.30. The standard InChI is InChI=1S/C14H17NO4/c1-2-19-11-6-4-3-5-10(11)15-13(18)14(7-8-14)9-12(16)17/h3-6H,2,7-9H2,1H3,(H,15,18)(H,16,17). The van der Waals surface area contributed by atoms with Gasteiger partial charge in [0.05, 0.1) is 24.1 Å². The van der Waals surface area contributed by atoms with Crippen molar-refractivity contribution >= 4 is 17.6 Å². The van der Waals surface area contributed by atoms with Crippen LogP contribution in [0.25, 0.3) is 0 Å². The van der Waals surface area contributed by atoms with Gasteiger partial charge in [-0.2, -0.15) is 0 Å². The van der Waals surface area contributed by atoms with E-state index in [0.717, 1.165) is 0 Å². The third-order valence-corrected chi connectivity index (χ3v) is 3.26. The smallest absolute Gasteiger partial charge is 0.304 e. The monoisotopic (exact) mass is 263 g/mol. The molecule has 1 fully saturated rings. The molecule has 1 aromatic rings. The highest BCUT2D eigenvalue weighted by Crippen LogP contribution is 2.49. The first kappa shape index (κ1) is 13.4. The number of ether oxygens (including phenoxy) is 1. The largest absolute Gasteiger partial charge is 0.492 e. The van der Waals surface area contributed by atoms with Crippen molar-refractivity contribution in [2.45, 2.75) is 26.2 Å². The molecule has 0 heterocycles. The predicted octanol–water partition coefficient (Wildman–Crippen LogP) is 2.28. The average molecular weight is 263 g/mol. The maximum absolute atomic E-state index is 12.2. The molecule has 0 aliphatic heterocycles. The minimum atomic E-state index is -0.939. The van der Waals surface area contributed by atoms with E-state index in [2.05, 4.69) is 5.32 Å². The summed E-state index contributed by atoms with van der Waals surface area (Å²) >= 11 is 0. The first-order valence-corrected chi connectivity index (χ1v) is 6.32. The fourth-order valence-electron chi connectivity index (χ4n) is 2.03. The van der Waals surface area contributed by atoms with Crippen molar-refractivity contribution in [3.8, 4) is 5.75 Å². The molecule has 5 heteroatoms. The number of rotatable bonds is 6. The number of nitrogens with one attached hydrogen (secondary N) is 1. The topological polar surface area (TPSA) is 75.6 Å². The number of carboxylic acid groups (broad SMARTS) is 1. The van der Waals surface area contributed by atoms with Gasteiger partial charge in [0, 0.05) is 0 Å². The van der Waals surface area contributed by atoms with Crippen molar-refractivity contribution in [2.75, 3.05) is 11.9 Å². The molecule has 2 rings (SSSR count). The first-order valence-electron chi connectivity index (χ1n) is 6.32. The van der Waals surface area contributed by atoms with Gasteiger partial charge in [-0.3, -0.25) is 9.59 Å². The van der Waals surface area contributed by atoms with Crippen LogP contribution in [-0.2, 0) is 9.59 Å². The summed E-state index contributed by atoms with van der Waals surface area (Å²) in [7, 11) is 0. The number of amides is 1. The molecule has 102 valence electrons. The lowest BCUT2D eigenvalue weighted by atomic mass is 10.0. The van der Waals surface area contributed by atoms with Crippen LogP contribution in [-0.4, -0.2) is 23.6 Å². The highest BCUT2D eigenvalue weighted by Gasteiger charge is 2.51. The van der Waals surface area contributed by atoms with Gasteiger partial charge in [-0.25, -0.2) is 0 Å². The Morgan fingerprint density at radius 1 is 1.37 bits per heavy atom. The third kappa shape index (κ3) is 3.05. The molecule has 0 bridgehead atoms. The van der Waals surface area contributed by atoms with E-state index in [4.69, 9.17) is 9.84 Å². The highest BCUT2D eigenvalue weighted by molar-refractivity contribution is 6.00. The molecule has 1 aliphatic rings. The van der Waals surface area contributed by atoms with Gasteiger partial charge < -0.3 is 15.2 Å². The molecule has 0 radical (unpaired) electrons. The summed E-state index contributed by atoms with van der Waals surface area (Å²) in [5.41, 5.74) is -0.142. The van der Waals surface area contributed by atoms with Crippen LogP contribution in [0.1, 0.15) is 26.2 Å². The maximum Gasteiger partial charge on any atom is 0.304 e. The second-order valence-corrected chi connectivity index (χ2v) is 4.73. The Hall–Kier alpha value is -2.04. The van der Waals surface area contributed by atoms with E-state index in [1.165, 1.54) is 0 Å². The zero-order valence-corrected chi connectivity index (χ0v) is 10.8. The quantitative estimate of drug-likeness (QED) is 0.825. The fourth-order valence-corrected chi connectivity index (χ4v) is 2.03. The summed E-state index contributed by atoms with van der Waals surface area (Å²) < 4.78 is 5.42. The number of carboxylic acids is 1. The molecule has 0 spiro atoms. The minimum absolute atomic E-state index is 0.115. The minimum Gasteiger partial charge on any atom is -0.492 e. The highest BCUT2D eigenvalue weighted by atomic mass is 16.5. The van der Waals surface area contributed by atoms with Gasteiger partial charge in [-0.05, 0) is 31.9 Å². The number of aliphatic carboxylic acids is 1. The summed E-state index contributed by atoms with van der Waals surface area (Å²) in [6.45, 7) is 2.37. The van der Waals surface area contributed by atoms with Crippen LogP contribution in [0.3, 0.4) is 0 Å².